The summed E-state index contributed by atoms with van der Waals surface area (Å²) < 4.78 is 38.9. The number of amides is 2. The van der Waals surface area contributed by atoms with Gasteiger partial charge in [-0.3, -0.25) is 9.59 Å². The lowest BCUT2D eigenvalue weighted by atomic mass is 10.1. The van der Waals surface area contributed by atoms with Crippen molar-refractivity contribution in [2.45, 2.75) is 19.1 Å². The molecule has 1 aromatic rings. The molecule has 1 aromatic carbocycles. The summed E-state index contributed by atoms with van der Waals surface area (Å²) in [5.74, 6) is -1.01. The van der Waals surface area contributed by atoms with E-state index in [4.69, 9.17) is 0 Å². The lowest BCUT2D eigenvalue weighted by molar-refractivity contribution is -0.138. The molecule has 25 heavy (non-hydrogen) atoms. The Morgan fingerprint density at radius 2 is 2.00 bits per heavy atom. The van der Waals surface area contributed by atoms with Crippen LogP contribution in [0.15, 0.2) is 24.3 Å². The molecule has 1 aliphatic rings. The van der Waals surface area contributed by atoms with E-state index < -0.39 is 23.6 Å². The molecule has 1 heterocycles. The Balaban J connectivity index is 1.93. The van der Waals surface area contributed by atoms with E-state index in [9.17, 15) is 22.8 Å². The van der Waals surface area contributed by atoms with Crippen LogP contribution < -0.4 is 5.32 Å². The van der Waals surface area contributed by atoms with Crippen LogP contribution in [-0.2, 0) is 22.3 Å². The summed E-state index contributed by atoms with van der Waals surface area (Å²) >= 11 is 0. The van der Waals surface area contributed by atoms with E-state index in [1.807, 2.05) is 19.0 Å². The van der Waals surface area contributed by atoms with Crippen molar-refractivity contribution in [2.24, 2.45) is 5.92 Å². The first-order chi connectivity index (χ1) is 11.7. The standard InChI is InChI=1S/C17H22F3N3O2/c1-22(2)7-8-23-11-13(9-15(23)24)16(25)21-10-12-5-3-4-6-14(12)17(18,19)20/h3-6,13H,7-11H2,1-2H3,(H,21,25)/t13-/m1/s1. The minimum Gasteiger partial charge on any atom is -0.352 e. The van der Waals surface area contributed by atoms with Crippen molar-refractivity contribution in [1.29, 1.82) is 0 Å². The Hall–Kier alpha value is -2.09. The van der Waals surface area contributed by atoms with Crippen LogP contribution in [-0.4, -0.2) is 55.3 Å². The molecule has 0 aliphatic carbocycles. The van der Waals surface area contributed by atoms with Gasteiger partial charge in [0.15, 0.2) is 0 Å². The molecule has 1 aliphatic heterocycles. The summed E-state index contributed by atoms with van der Waals surface area (Å²) in [6.45, 7) is 1.32. The van der Waals surface area contributed by atoms with Crippen LogP contribution in [0, 0.1) is 5.92 Å². The van der Waals surface area contributed by atoms with Gasteiger partial charge in [-0.1, -0.05) is 18.2 Å². The number of benzene rings is 1. The quantitative estimate of drug-likeness (QED) is 0.844. The predicted molar refractivity (Wildman–Crippen MR) is 86.5 cm³/mol. The maximum Gasteiger partial charge on any atom is 0.416 e. The molecular formula is C17H22F3N3O2. The Labute approximate surface area is 144 Å². The van der Waals surface area contributed by atoms with Gasteiger partial charge in [0, 0.05) is 32.6 Å². The zero-order chi connectivity index (χ0) is 18.6. The van der Waals surface area contributed by atoms with E-state index in [0.29, 0.717) is 19.6 Å². The van der Waals surface area contributed by atoms with Crippen molar-refractivity contribution in [1.82, 2.24) is 15.1 Å². The van der Waals surface area contributed by atoms with Gasteiger partial charge in [-0.15, -0.1) is 0 Å². The molecule has 5 nitrogen and oxygen atoms in total. The lowest BCUT2D eigenvalue weighted by Gasteiger charge is -2.19. The number of likely N-dealkylation sites (N-methyl/N-ethyl adjacent to an activating group) is 1. The Morgan fingerprint density at radius 1 is 1.32 bits per heavy atom. The van der Waals surface area contributed by atoms with Crippen LogP contribution in [0.1, 0.15) is 17.5 Å². The summed E-state index contributed by atoms with van der Waals surface area (Å²) in [5, 5.41) is 2.53. The molecule has 0 unspecified atom stereocenters. The van der Waals surface area contributed by atoms with Gasteiger partial charge >= 0.3 is 6.18 Å². The number of carbonyl (C=O) groups excluding carboxylic acids is 2. The maximum absolute atomic E-state index is 13.0. The zero-order valence-electron chi connectivity index (χ0n) is 14.3. The van der Waals surface area contributed by atoms with Crippen LogP contribution >= 0.6 is 0 Å². The second kappa shape index (κ2) is 7.86. The minimum absolute atomic E-state index is 0.0112. The molecule has 1 N–H and O–H groups in total. The van der Waals surface area contributed by atoms with Crippen LogP contribution in [0.3, 0.4) is 0 Å². The Kier molecular flexibility index (Phi) is 6.05. The highest BCUT2D eigenvalue weighted by Gasteiger charge is 2.35. The molecule has 8 heteroatoms. The van der Waals surface area contributed by atoms with E-state index in [-0.39, 0.29) is 24.4 Å². The van der Waals surface area contributed by atoms with Crippen LogP contribution in [0.5, 0.6) is 0 Å². The summed E-state index contributed by atoms with van der Waals surface area (Å²) in [7, 11) is 3.78. The average Bonchev–Trinajstić information content (AvgIpc) is 2.91. The Bertz CT molecular complexity index is 632. The van der Waals surface area contributed by atoms with Crippen molar-refractivity contribution in [3.63, 3.8) is 0 Å². The van der Waals surface area contributed by atoms with Gasteiger partial charge in [-0.2, -0.15) is 13.2 Å². The molecule has 1 fully saturated rings. The number of halogens is 3. The van der Waals surface area contributed by atoms with Crippen molar-refractivity contribution in [2.75, 3.05) is 33.7 Å². The fourth-order valence-corrected chi connectivity index (χ4v) is 2.76. The molecule has 2 amide bonds. The molecule has 2 rings (SSSR count). The average molecular weight is 357 g/mol. The zero-order valence-corrected chi connectivity index (χ0v) is 14.3. The third-order valence-corrected chi connectivity index (χ3v) is 4.18. The van der Waals surface area contributed by atoms with Gasteiger partial charge in [0.1, 0.15) is 0 Å². The highest BCUT2D eigenvalue weighted by molar-refractivity contribution is 5.89. The smallest absolute Gasteiger partial charge is 0.352 e. The number of rotatable bonds is 6. The van der Waals surface area contributed by atoms with Crippen LogP contribution in [0.25, 0.3) is 0 Å². The highest BCUT2D eigenvalue weighted by atomic mass is 19.4. The van der Waals surface area contributed by atoms with Gasteiger partial charge in [-0.05, 0) is 25.7 Å². The van der Waals surface area contributed by atoms with E-state index in [1.54, 1.807) is 4.90 Å². The lowest BCUT2D eigenvalue weighted by Crippen LogP contribution is -2.35. The number of likely N-dealkylation sites (tertiary alicyclic amines) is 1. The number of hydrogen-bond donors (Lipinski definition) is 1. The molecule has 0 bridgehead atoms. The number of nitrogens with one attached hydrogen (secondary N) is 1. The third-order valence-electron chi connectivity index (χ3n) is 4.18. The first kappa shape index (κ1) is 19.2. The second-order valence-corrected chi connectivity index (χ2v) is 6.42. The first-order valence-corrected chi connectivity index (χ1v) is 8.04. The van der Waals surface area contributed by atoms with Crippen molar-refractivity contribution < 1.29 is 22.8 Å². The molecule has 0 radical (unpaired) electrons. The molecule has 138 valence electrons. The van der Waals surface area contributed by atoms with E-state index in [0.717, 1.165) is 6.07 Å². The normalized spacial score (nSPS) is 18.1. The number of carbonyl (C=O) groups is 2. The number of alkyl halides is 3. The van der Waals surface area contributed by atoms with Gasteiger partial charge in [0.25, 0.3) is 0 Å². The summed E-state index contributed by atoms with van der Waals surface area (Å²) in [6, 6.07) is 5.14. The predicted octanol–water partition coefficient (Wildman–Crippen LogP) is 1.73. The third kappa shape index (κ3) is 5.19. The fourth-order valence-electron chi connectivity index (χ4n) is 2.76. The van der Waals surface area contributed by atoms with Crippen molar-refractivity contribution >= 4 is 11.8 Å². The largest absolute Gasteiger partial charge is 0.416 e. The highest BCUT2D eigenvalue weighted by Crippen LogP contribution is 2.31. The van der Waals surface area contributed by atoms with Crippen molar-refractivity contribution in [3.05, 3.63) is 35.4 Å². The molecule has 1 saturated heterocycles. The first-order valence-electron chi connectivity index (χ1n) is 8.04. The van der Waals surface area contributed by atoms with E-state index in [1.165, 1.54) is 18.2 Å². The maximum atomic E-state index is 13.0. The van der Waals surface area contributed by atoms with Crippen LogP contribution in [0.4, 0.5) is 13.2 Å². The van der Waals surface area contributed by atoms with Gasteiger partial charge in [-0.25, -0.2) is 0 Å². The van der Waals surface area contributed by atoms with Crippen LogP contribution in [0.2, 0.25) is 0 Å². The van der Waals surface area contributed by atoms with Gasteiger partial charge < -0.3 is 15.1 Å². The van der Waals surface area contributed by atoms with E-state index >= 15 is 0 Å². The van der Waals surface area contributed by atoms with E-state index in [2.05, 4.69) is 5.32 Å². The summed E-state index contributed by atoms with van der Waals surface area (Å²) in [6.07, 6.45) is -4.37. The molecular weight excluding hydrogens is 335 g/mol. The number of nitrogens with zero attached hydrogens (tertiary/aromatic N) is 2. The van der Waals surface area contributed by atoms with Crippen molar-refractivity contribution in [3.8, 4) is 0 Å². The molecule has 0 saturated carbocycles. The Morgan fingerprint density at radius 3 is 2.64 bits per heavy atom. The summed E-state index contributed by atoms with van der Waals surface area (Å²) in [4.78, 5) is 27.7. The summed E-state index contributed by atoms with van der Waals surface area (Å²) in [5.41, 5.74) is -0.748. The second-order valence-electron chi connectivity index (χ2n) is 6.42. The monoisotopic (exact) mass is 357 g/mol. The topological polar surface area (TPSA) is 52.6 Å². The number of hydrogen-bond acceptors (Lipinski definition) is 3. The molecule has 0 spiro atoms. The molecule has 0 aromatic heterocycles. The fraction of sp³-hybridized carbons (Fsp3) is 0.529. The van der Waals surface area contributed by atoms with Gasteiger partial charge in [0.05, 0.1) is 11.5 Å². The minimum atomic E-state index is -4.46. The van der Waals surface area contributed by atoms with Gasteiger partial charge in [0.2, 0.25) is 11.8 Å². The SMILES string of the molecule is CN(C)CCN1C[C@H](C(=O)NCc2ccccc2C(F)(F)F)CC1=O. The molecule has 1 atom stereocenters.